The number of benzene rings is 1. The first-order chi connectivity index (χ1) is 12.8. The summed E-state index contributed by atoms with van der Waals surface area (Å²) in [5, 5.41) is 15.2. The van der Waals surface area contributed by atoms with Crippen molar-refractivity contribution in [1.82, 2.24) is 4.31 Å². The number of thiophene rings is 1. The second-order valence-corrected chi connectivity index (χ2v) is 8.90. The summed E-state index contributed by atoms with van der Waals surface area (Å²) >= 11 is 1.10. The standard InChI is InChI=1S/C16H17N3O6S2/c1-25-14-10-11(19(21)22)6-7-12(14)17-16(20)13-4-2-8-18(13)27(23,24)15-5-3-9-26-15/h3,5-7,9-10,13H,2,4,8H2,1H3,(H,17,20). The molecule has 0 spiro atoms. The molecule has 0 radical (unpaired) electrons. The summed E-state index contributed by atoms with van der Waals surface area (Å²) in [7, 11) is -2.41. The maximum absolute atomic E-state index is 12.8. The molecule has 0 bridgehead atoms. The van der Waals surface area contributed by atoms with Gasteiger partial charge in [0.05, 0.1) is 23.8 Å². The van der Waals surface area contributed by atoms with Crippen LogP contribution in [0, 0.1) is 10.1 Å². The van der Waals surface area contributed by atoms with Gasteiger partial charge in [-0.3, -0.25) is 14.9 Å². The van der Waals surface area contributed by atoms with Gasteiger partial charge in [0.2, 0.25) is 5.91 Å². The van der Waals surface area contributed by atoms with Gasteiger partial charge in [-0.05, 0) is 30.4 Å². The van der Waals surface area contributed by atoms with Gasteiger partial charge in [0.1, 0.15) is 16.0 Å². The van der Waals surface area contributed by atoms with Crippen LogP contribution in [0.1, 0.15) is 12.8 Å². The van der Waals surface area contributed by atoms with E-state index in [0.29, 0.717) is 12.8 Å². The fourth-order valence-corrected chi connectivity index (χ4v) is 5.70. The second kappa shape index (κ2) is 7.62. The monoisotopic (exact) mass is 411 g/mol. The van der Waals surface area contributed by atoms with E-state index in [0.717, 1.165) is 11.3 Å². The predicted molar refractivity (Wildman–Crippen MR) is 99.5 cm³/mol. The number of non-ortho nitro benzene ring substituents is 1. The highest BCUT2D eigenvalue weighted by Gasteiger charge is 2.40. The van der Waals surface area contributed by atoms with E-state index in [9.17, 15) is 23.3 Å². The summed E-state index contributed by atoms with van der Waals surface area (Å²) < 4.78 is 32.0. The minimum atomic E-state index is -3.75. The lowest BCUT2D eigenvalue weighted by Gasteiger charge is -2.23. The molecule has 2 heterocycles. The lowest BCUT2D eigenvalue weighted by atomic mass is 10.2. The molecule has 0 aliphatic carbocycles. The number of hydrogen-bond acceptors (Lipinski definition) is 7. The Labute approximate surface area is 159 Å². The molecule has 0 saturated carbocycles. The first-order valence-electron chi connectivity index (χ1n) is 8.03. The van der Waals surface area contributed by atoms with Crippen molar-refractivity contribution in [2.24, 2.45) is 0 Å². The van der Waals surface area contributed by atoms with Crippen LogP contribution in [0.5, 0.6) is 5.75 Å². The van der Waals surface area contributed by atoms with Crippen LogP contribution in [-0.2, 0) is 14.8 Å². The normalized spacial score (nSPS) is 17.6. The molecule has 1 N–H and O–H groups in total. The lowest BCUT2D eigenvalue weighted by Crippen LogP contribution is -2.42. The van der Waals surface area contributed by atoms with Gasteiger partial charge >= 0.3 is 0 Å². The van der Waals surface area contributed by atoms with Crippen molar-refractivity contribution < 1.29 is 22.9 Å². The first kappa shape index (κ1) is 19.3. The average Bonchev–Trinajstić information content (AvgIpc) is 3.33. The summed E-state index contributed by atoms with van der Waals surface area (Å²) in [5.41, 5.74) is 0.0705. The van der Waals surface area contributed by atoms with E-state index in [1.165, 1.54) is 35.7 Å². The van der Waals surface area contributed by atoms with Crippen LogP contribution in [-0.4, -0.2) is 43.2 Å². The van der Waals surface area contributed by atoms with E-state index < -0.39 is 26.9 Å². The molecule has 1 aliphatic heterocycles. The molecule has 1 aliphatic rings. The third-order valence-corrected chi connectivity index (χ3v) is 7.50. The third kappa shape index (κ3) is 3.80. The van der Waals surface area contributed by atoms with Gasteiger partial charge in [-0.2, -0.15) is 4.31 Å². The SMILES string of the molecule is COc1cc([N+](=O)[O-])ccc1NC(=O)C1CCCN1S(=O)(=O)c1cccs1. The molecule has 1 amide bonds. The highest BCUT2D eigenvalue weighted by Crippen LogP contribution is 2.32. The molecule has 2 aromatic rings. The molecule has 27 heavy (non-hydrogen) atoms. The Kier molecular flexibility index (Phi) is 5.44. The molecule has 1 aromatic carbocycles. The van der Waals surface area contributed by atoms with Gasteiger partial charge in [-0.1, -0.05) is 6.07 Å². The van der Waals surface area contributed by atoms with Crippen molar-refractivity contribution in [3.63, 3.8) is 0 Å². The number of carbonyl (C=O) groups excluding carboxylic acids is 1. The molecular weight excluding hydrogens is 394 g/mol. The van der Waals surface area contributed by atoms with E-state index in [1.54, 1.807) is 11.4 Å². The van der Waals surface area contributed by atoms with E-state index in [1.807, 2.05) is 0 Å². The molecule has 1 atom stereocenters. The smallest absolute Gasteiger partial charge is 0.273 e. The van der Waals surface area contributed by atoms with E-state index >= 15 is 0 Å². The zero-order chi connectivity index (χ0) is 19.6. The Hall–Kier alpha value is -2.50. The fourth-order valence-electron chi connectivity index (χ4n) is 2.93. The number of amides is 1. The number of methoxy groups -OCH3 is 1. The second-order valence-electron chi connectivity index (χ2n) is 5.84. The summed E-state index contributed by atoms with van der Waals surface area (Å²) in [5.74, 6) is -0.372. The number of nitro benzene ring substituents is 1. The molecular formula is C16H17N3O6S2. The minimum Gasteiger partial charge on any atom is -0.494 e. The number of carbonyl (C=O) groups is 1. The van der Waals surface area contributed by atoms with Crippen molar-refractivity contribution in [2.45, 2.75) is 23.1 Å². The van der Waals surface area contributed by atoms with Crippen LogP contribution in [0.15, 0.2) is 39.9 Å². The van der Waals surface area contributed by atoms with Gasteiger partial charge in [0.25, 0.3) is 15.7 Å². The maximum Gasteiger partial charge on any atom is 0.273 e. The van der Waals surface area contributed by atoms with Crippen molar-refractivity contribution >= 4 is 38.6 Å². The van der Waals surface area contributed by atoms with Crippen LogP contribution < -0.4 is 10.1 Å². The third-order valence-electron chi connectivity index (χ3n) is 4.22. The lowest BCUT2D eigenvalue weighted by molar-refractivity contribution is -0.384. The Bertz CT molecular complexity index is 959. The highest BCUT2D eigenvalue weighted by atomic mass is 32.2. The molecule has 9 nitrogen and oxygen atoms in total. The summed E-state index contributed by atoms with van der Waals surface area (Å²) in [6, 6.07) is 6.10. The fraction of sp³-hybridized carbons (Fsp3) is 0.312. The van der Waals surface area contributed by atoms with Gasteiger partial charge < -0.3 is 10.1 Å². The van der Waals surface area contributed by atoms with Crippen LogP contribution >= 0.6 is 11.3 Å². The van der Waals surface area contributed by atoms with Crippen LogP contribution in [0.3, 0.4) is 0 Å². The van der Waals surface area contributed by atoms with Crippen molar-refractivity contribution in [1.29, 1.82) is 0 Å². The zero-order valence-electron chi connectivity index (χ0n) is 14.3. The number of nitrogens with zero attached hydrogens (tertiary/aromatic N) is 2. The van der Waals surface area contributed by atoms with Gasteiger partial charge in [0, 0.05) is 12.6 Å². The number of hydrogen-bond donors (Lipinski definition) is 1. The van der Waals surface area contributed by atoms with Crippen molar-refractivity contribution in [3.05, 3.63) is 45.8 Å². The molecule has 1 aromatic heterocycles. The topological polar surface area (TPSA) is 119 Å². The minimum absolute atomic E-state index is 0.128. The zero-order valence-corrected chi connectivity index (χ0v) is 16.0. The number of rotatable bonds is 6. The number of nitrogens with one attached hydrogen (secondary N) is 1. The molecule has 1 unspecified atom stereocenters. The molecule has 1 saturated heterocycles. The maximum atomic E-state index is 12.8. The van der Waals surface area contributed by atoms with Gasteiger partial charge in [-0.25, -0.2) is 8.42 Å². The van der Waals surface area contributed by atoms with E-state index in [-0.39, 0.29) is 27.9 Å². The Morgan fingerprint density at radius 2 is 2.19 bits per heavy atom. The first-order valence-corrected chi connectivity index (χ1v) is 10.3. The molecule has 1 fully saturated rings. The van der Waals surface area contributed by atoms with Crippen molar-refractivity contribution in [2.75, 3.05) is 19.0 Å². The average molecular weight is 411 g/mol. The molecule has 144 valence electrons. The van der Waals surface area contributed by atoms with E-state index in [4.69, 9.17) is 4.74 Å². The molecule has 11 heteroatoms. The van der Waals surface area contributed by atoms with Gasteiger partial charge in [0.15, 0.2) is 0 Å². The summed E-state index contributed by atoms with van der Waals surface area (Å²) in [6.45, 7) is 0.260. The number of ether oxygens (including phenoxy) is 1. The van der Waals surface area contributed by atoms with Crippen molar-refractivity contribution in [3.8, 4) is 5.75 Å². The van der Waals surface area contributed by atoms with E-state index in [2.05, 4.69) is 5.32 Å². The van der Waals surface area contributed by atoms with Crippen LogP contribution in [0.25, 0.3) is 0 Å². The number of sulfonamides is 1. The van der Waals surface area contributed by atoms with Crippen LogP contribution in [0.4, 0.5) is 11.4 Å². The Morgan fingerprint density at radius 1 is 1.41 bits per heavy atom. The predicted octanol–water partition coefficient (Wildman–Crippen LogP) is 2.46. The number of anilines is 1. The largest absolute Gasteiger partial charge is 0.494 e. The van der Waals surface area contributed by atoms with Crippen LogP contribution in [0.2, 0.25) is 0 Å². The highest BCUT2D eigenvalue weighted by molar-refractivity contribution is 7.91. The van der Waals surface area contributed by atoms with Gasteiger partial charge in [-0.15, -0.1) is 11.3 Å². The number of nitro groups is 1. The summed E-state index contributed by atoms with van der Waals surface area (Å²) in [6.07, 6.45) is 0.964. The Balaban J connectivity index is 1.83. The quantitative estimate of drug-likeness (QED) is 0.576. The summed E-state index contributed by atoms with van der Waals surface area (Å²) in [4.78, 5) is 23.0. The Morgan fingerprint density at radius 3 is 2.81 bits per heavy atom. The molecule has 3 rings (SSSR count).